The molecule has 0 aromatic heterocycles. The van der Waals surface area contributed by atoms with Gasteiger partial charge in [-0.25, -0.2) is 0 Å². The Hall–Kier alpha value is -2.65. The van der Waals surface area contributed by atoms with Gasteiger partial charge in [0.1, 0.15) is 18.4 Å². The minimum absolute atomic E-state index is 0.0415. The van der Waals surface area contributed by atoms with Gasteiger partial charge in [-0.15, -0.1) is 0 Å². The zero-order valence-electron chi connectivity index (χ0n) is 17.8. The summed E-state index contributed by atoms with van der Waals surface area (Å²) >= 11 is 0. The third kappa shape index (κ3) is 6.70. The highest BCUT2D eigenvalue weighted by molar-refractivity contribution is 5.97. The number of carbonyl (C=O) groups is 3. The van der Waals surface area contributed by atoms with Gasteiger partial charge < -0.3 is 29.7 Å². The molecule has 2 N–H and O–H groups in total. The van der Waals surface area contributed by atoms with Gasteiger partial charge in [-0.05, 0) is 43.0 Å². The maximum atomic E-state index is 12.8. The molecule has 1 aliphatic heterocycles. The van der Waals surface area contributed by atoms with E-state index >= 15 is 0 Å². The van der Waals surface area contributed by atoms with Crippen molar-refractivity contribution in [3.8, 4) is 5.75 Å². The molecule has 1 aliphatic rings. The van der Waals surface area contributed by atoms with E-state index in [-0.39, 0.29) is 30.2 Å². The lowest BCUT2D eigenvalue weighted by atomic mass is 9.88. The lowest BCUT2D eigenvalue weighted by Crippen LogP contribution is -2.54. The molecule has 1 saturated heterocycles. The van der Waals surface area contributed by atoms with E-state index in [4.69, 9.17) is 14.2 Å². The molecule has 30 heavy (non-hydrogen) atoms. The molecule has 3 amide bonds. The number of ether oxygens (including phenoxy) is 3. The normalized spacial score (nSPS) is 15.4. The monoisotopic (exact) mass is 421 g/mol. The Morgan fingerprint density at radius 3 is 2.30 bits per heavy atom. The van der Waals surface area contributed by atoms with Crippen LogP contribution in [0, 0.1) is 5.92 Å². The van der Waals surface area contributed by atoms with Gasteiger partial charge in [-0.3, -0.25) is 14.4 Å². The molecule has 0 bridgehead atoms. The predicted molar refractivity (Wildman–Crippen MR) is 110 cm³/mol. The van der Waals surface area contributed by atoms with E-state index in [9.17, 15) is 14.4 Å². The molecule has 1 aromatic rings. The number of rotatable bonds is 10. The standard InChI is InChI=1S/C21H31N3O6/c1-28-13-10-22-21(27)19(15-8-11-24(12-9-15)18(25)14-29-2)23-20(26)16-4-6-17(30-3)7-5-16/h4-7,15,19H,8-14H2,1-3H3,(H,22,27)(H,23,26)/t19-/m0/s1. The van der Waals surface area contributed by atoms with Crippen LogP contribution in [-0.4, -0.2) is 82.8 Å². The number of piperidine rings is 1. The summed E-state index contributed by atoms with van der Waals surface area (Å²) in [6.07, 6.45) is 1.22. The number of nitrogens with zero attached hydrogens (tertiary/aromatic N) is 1. The highest BCUT2D eigenvalue weighted by Crippen LogP contribution is 2.22. The van der Waals surface area contributed by atoms with Crippen LogP contribution in [0.2, 0.25) is 0 Å². The van der Waals surface area contributed by atoms with Crippen molar-refractivity contribution >= 4 is 17.7 Å². The molecular formula is C21H31N3O6. The molecule has 0 spiro atoms. The Morgan fingerprint density at radius 1 is 1.07 bits per heavy atom. The van der Waals surface area contributed by atoms with Crippen LogP contribution in [0.25, 0.3) is 0 Å². The maximum absolute atomic E-state index is 12.8. The van der Waals surface area contributed by atoms with E-state index in [1.807, 2.05) is 0 Å². The fraction of sp³-hybridized carbons (Fsp3) is 0.571. The van der Waals surface area contributed by atoms with Gasteiger partial charge in [0.05, 0.1) is 13.7 Å². The number of hydrogen-bond donors (Lipinski definition) is 2. The van der Waals surface area contributed by atoms with Crippen molar-refractivity contribution in [2.75, 3.05) is 54.2 Å². The summed E-state index contributed by atoms with van der Waals surface area (Å²) in [6.45, 7) is 1.82. The fourth-order valence-electron chi connectivity index (χ4n) is 3.45. The van der Waals surface area contributed by atoms with Crippen LogP contribution >= 0.6 is 0 Å². The number of likely N-dealkylation sites (tertiary alicyclic amines) is 1. The van der Waals surface area contributed by atoms with Crippen LogP contribution in [0.1, 0.15) is 23.2 Å². The van der Waals surface area contributed by atoms with Gasteiger partial charge in [0, 0.05) is 39.4 Å². The first-order valence-corrected chi connectivity index (χ1v) is 9.98. The first kappa shape index (κ1) is 23.6. The third-order valence-electron chi connectivity index (χ3n) is 5.16. The topological polar surface area (TPSA) is 106 Å². The van der Waals surface area contributed by atoms with E-state index in [1.54, 1.807) is 43.4 Å². The minimum atomic E-state index is -0.698. The van der Waals surface area contributed by atoms with Crippen LogP contribution in [0.5, 0.6) is 5.75 Å². The zero-order valence-corrected chi connectivity index (χ0v) is 17.8. The van der Waals surface area contributed by atoms with Crippen molar-refractivity contribution < 1.29 is 28.6 Å². The van der Waals surface area contributed by atoms with Gasteiger partial charge >= 0.3 is 0 Å². The van der Waals surface area contributed by atoms with Crippen molar-refractivity contribution in [1.29, 1.82) is 0 Å². The van der Waals surface area contributed by atoms with Gasteiger partial charge in [0.2, 0.25) is 11.8 Å². The van der Waals surface area contributed by atoms with Crippen molar-refractivity contribution in [2.45, 2.75) is 18.9 Å². The molecule has 0 radical (unpaired) electrons. The Balaban J connectivity index is 2.05. The van der Waals surface area contributed by atoms with Crippen LogP contribution in [0.15, 0.2) is 24.3 Å². The van der Waals surface area contributed by atoms with Crippen LogP contribution < -0.4 is 15.4 Å². The van der Waals surface area contributed by atoms with Crippen molar-refractivity contribution in [3.63, 3.8) is 0 Å². The smallest absolute Gasteiger partial charge is 0.251 e. The Kier molecular flexibility index (Phi) is 9.56. The summed E-state index contributed by atoms with van der Waals surface area (Å²) < 4.78 is 15.0. The molecule has 1 heterocycles. The van der Waals surface area contributed by atoms with E-state index < -0.39 is 6.04 Å². The lowest BCUT2D eigenvalue weighted by Gasteiger charge is -2.35. The summed E-state index contributed by atoms with van der Waals surface area (Å²) in [5.74, 6) is -0.0906. The Bertz CT molecular complexity index is 701. The number of amides is 3. The largest absolute Gasteiger partial charge is 0.497 e. The van der Waals surface area contributed by atoms with Gasteiger partial charge in [-0.1, -0.05) is 0 Å². The first-order chi connectivity index (χ1) is 14.5. The summed E-state index contributed by atoms with van der Waals surface area (Å²) in [7, 11) is 4.60. The first-order valence-electron chi connectivity index (χ1n) is 9.98. The third-order valence-corrected chi connectivity index (χ3v) is 5.16. The SMILES string of the molecule is COCCNC(=O)[C@@H](NC(=O)c1ccc(OC)cc1)C1CCN(C(=O)COC)CC1. The Labute approximate surface area is 177 Å². The quantitative estimate of drug-likeness (QED) is 0.531. The average Bonchev–Trinajstić information content (AvgIpc) is 2.77. The van der Waals surface area contributed by atoms with Crippen molar-refractivity contribution in [1.82, 2.24) is 15.5 Å². The zero-order chi connectivity index (χ0) is 21.9. The predicted octanol–water partition coefficient (Wildman–Crippen LogP) is 0.441. The number of carbonyl (C=O) groups excluding carboxylic acids is 3. The molecule has 1 fully saturated rings. The number of benzene rings is 1. The van der Waals surface area contributed by atoms with Crippen molar-refractivity contribution in [2.24, 2.45) is 5.92 Å². The minimum Gasteiger partial charge on any atom is -0.497 e. The van der Waals surface area contributed by atoms with Gasteiger partial charge in [0.15, 0.2) is 0 Å². The van der Waals surface area contributed by atoms with Crippen LogP contribution in [0.4, 0.5) is 0 Å². The van der Waals surface area contributed by atoms with E-state index in [1.165, 1.54) is 7.11 Å². The highest BCUT2D eigenvalue weighted by atomic mass is 16.5. The van der Waals surface area contributed by atoms with Crippen LogP contribution in [0.3, 0.4) is 0 Å². The molecule has 1 atom stereocenters. The molecule has 166 valence electrons. The number of hydrogen-bond acceptors (Lipinski definition) is 6. The average molecular weight is 421 g/mol. The fourth-order valence-corrected chi connectivity index (χ4v) is 3.45. The van der Waals surface area contributed by atoms with E-state index in [0.29, 0.717) is 50.4 Å². The number of nitrogens with one attached hydrogen (secondary N) is 2. The molecule has 1 aromatic carbocycles. The maximum Gasteiger partial charge on any atom is 0.251 e. The molecule has 9 heteroatoms. The molecule has 2 rings (SSSR count). The second kappa shape index (κ2) is 12.1. The Morgan fingerprint density at radius 2 is 1.73 bits per heavy atom. The molecular weight excluding hydrogens is 390 g/mol. The second-order valence-electron chi connectivity index (χ2n) is 7.11. The molecule has 9 nitrogen and oxygen atoms in total. The molecule has 0 unspecified atom stereocenters. The van der Waals surface area contributed by atoms with E-state index in [2.05, 4.69) is 10.6 Å². The van der Waals surface area contributed by atoms with Crippen LogP contribution in [-0.2, 0) is 19.1 Å². The second-order valence-corrected chi connectivity index (χ2v) is 7.11. The summed E-state index contributed by atoms with van der Waals surface area (Å²) in [5.41, 5.74) is 0.443. The van der Waals surface area contributed by atoms with Gasteiger partial charge in [-0.2, -0.15) is 0 Å². The van der Waals surface area contributed by atoms with Gasteiger partial charge in [0.25, 0.3) is 5.91 Å². The summed E-state index contributed by atoms with van der Waals surface area (Å²) in [5, 5.41) is 5.69. The lowest BCUT2D eigenvalue weighted by molar-refractivity contribution is -0.136. The van der Waals surface area contributed by atoms with E-state index in [0.717, 1.165) is 0 Å². The number of methoxy groups -OCH3 is 3. The summed E-state index contributed by atoms with van der Waals surface area (Å²) in [6, 6.07) is 6.00. The highest BCUT2D eigenvalue weighted by Gasteiger charge is 2.33. The molecule has 0 saturated carbocycles. The molecule has 0 aliphatic carbocycles. The summed E-state index contributed by atoms with van der Waals surface area (Å²) in [4.78, 5) is 39.3. The van der Waals surface area contributed by atoms with Crippen molar-refractivity contribution in [3.05, 3.63) is 29.8 Å².